The number of hydrogen-bond acceptors (Lipinski definition) is 2. The van der Waals surface area contributed by atoms with Gasteiger partial charge in [0.2, 0.25) is 0 Å². The maximum absolute atomic E-state index is 6.03. The normalized spacial score (nSPS) is 12.6. The van der Waals surface area contributed by atoms with Crippen LogP contribution in [0, 0.1) is 0 Å². The second kappa shape index (κ2) is 24.9. The van der Waals surface area contributed by atoms with Gasteiger partial charge in [0.1, 0.15) is 0 Å². The molecule has 0 aliphatic rings. The van der Waals surface area contributed by atoms with E-state index in [4.69, 9.17) is 35.9 Å². The molecule has 4 aromatic rings. The van der Waals surface area contributed by atoms with Crippen molar-refractivity contribution in [1.29, 1.82) is 0 Å². The van der Waals surface area contributed by atoms with Gasteiger partial charge in [0.25, 0.3) is 0 Å². The summed E-state index contributed by atoms with van der Waals surface area (Å²) in [5.74, 6) is 0. The van der Waals surface area contributed by atoms with E-state index in [-0.39, 0.29) is 38.2 Å². The van der Waals surface area contributed by atoms with Crippen molar-refractivity contribution >= 4 is 74.5 Å². The average molecular weight is 994 g/mol. The molecule has 0 amide bonds. The number of nitrogens with zero attached hydrogens (tertiary/aromatic N) is 2. The zero-order chi connectivity index (χ0) is 48.3. The van der Waals surface area contributed by atoms with Crippen LogP contribution in [-0.2, 0) is 63.4 Å². The summed E-state index contributed by atoms with van der Waals surface area (Å²) in [5, 5.41) is 13.7. The predicted molar refractivity (Wildman–Crippen MR) is 299 cm³/mol. The molecule has 0 spiro atoms. The Bertz CT molecular complexity index is 1900. The number of benzene rings is 4. The van der Waals surface area contributed by atoms with Crippen LogP contribution in [0.25, 0.3) is 10.6 Å². The molecule has 0 fully saturated rings. The molecule has 2 nitrogen and oxygen atoms in total. The molecule has 7 heteroatoms. The van der Waals surface area contributed by atoms with Crippen LogP contribution in [0.5, 0.6) is 0 Å². The zero-order valence-corrected chi connectivity index (χ0v) is 49.1. The molecule has 0 saturated heterocycles. The summed E-state index contributed by atoms with van der Waals surface area (Å²) in [6.45, 7) is 41.2. The van der Waals surface area contributed by atoms with Crippen LogP contribution < -0.4 is 10.4 Å². The molecule has 0 aliphatic heterocycles. The number of hydrogen-bond donors (Lipinski definition) is 0. The summed E-state index contributed by atoms with van der Waals surface area (Å²) >= 11 is 12.1. The molecule has 0 bridgehead atoms. The standard InChI is InChI=1S/2C29H46NSSi.Ni/c2*1-10-17-32(18-11-2,19-12-3)26-16-14-13-15-24(26)30-25-21-22(28(4,5)6)20-23(27(25)31)29(7,8)9;/h2*13-16,20-21,31H,10-12,17-19H2,1-9H3;/q2*-1;/p-2. The first-order chi connectivity index (χ1) is 29.8. The van der Waals surface area contributed by atoms with E-state index in [1.165, 1.54) is 97.0 Å². The van der Waals surface area contributed by atoms with E-state index in [1.54, 1.807) is 10.4 Å². The zero-order valence-electron chi connectivity index (χ0n) is 44.4. The van der Waals surface area contributed by atoms with Crippen molar-refractivity contribution in [2.24, 2.45) is 0 Å². The monoisotopic (exact) mass is 993 g/mol. The van der Waals surface area contributed by atoms with Gasteiger partial charge in [0.05, 0.1) is 16.1 Å². The van der Waals surface area contributed by atoms with Crippen molar-refractivity contribution in [2.45, 2.75) is 231 Å². The van der Waals surface area contributed by atoms with Crippen molar-refractivity contribution in [3.05, 3.63) is 106 Å². The summed E-state index contributed by atoms with van der Waals surface area (Å²) in [6, 6.07) is 35.1. The molecule has 0 heterocycles. The molecule has 0 saturated carbocycles. The molecular formula is C58H90N2NiS2Si2-4. The maximum Gasteiger partial charge on any atom is 0.0850 e. The molecule has 4 aromatic carbocycles. The Morgan fingerprint density at radius 1 is 0.385 bits per heavy atom. The largest absolute Gasteiger partial charge is 0.781 e. The maximum atomic E-state index is 6.03. The van der Waals surface area contributed by atoms with Crippen molar-refractivity contribution in [3.63, 3.8) is 0 Å². The number of rotatable bonds is 18. The molecule has 0 aliphatic carbocycles. The van der Waals surface area contributed by atoms with Gasteiger partial charge in [-0.3, -0.25) is 0 Å². The third-order valence-corrected chi connectivity index (χ3v) is 26.0. The van der Waals surface area contributed by atoms with Gasteiger partial charge in [0, 0.05) is 16.5 Å². The van der Waals surface area contributed by atoms with Gasteiger partial charge in [-0.05, 0) is 32.8 Å². The number of para-hydroxylation sites is 2. The molecule has 366 valence electrons. The van der Waals surface area contributed by atoms with E-state index in [0.717, 1.165) is 32.5 Å². The van der Waals surface area contributed by atoms with Crippen molar-refractivity contribution in [2.75, 3.05) is 0 Å². The molecule has 0 atom stereocenters. The Hall–Kier alpha value is -2.15. The topological polar surface area (TPSA) is 28.2 Å². The van der Waals surface area contributed by atoms with Gasteiger partial charge >= 0.3 is 0 Å². The minimum Gasteiger partial charge on any atom is -0.781 e. The minimum absolute atomic E-state index is 0. The second-order valence-electron chi connectivity index (χ2n) is 23.1. The molecule has 65 heavy (non-hydrogen) atoms. The fraction of sp³-hybridized carbons (Fsp3) is 0.586. The van der Waals surface area contributed by atoms with Crippen LogP contribution in [0.2, 0.25) is 36.3 Å². The summed E-state index contributed by atoms with van der Waals surface area (Å²) in [7, 11) is -3.23. The second-order valence-corrected chi connectivity index (χ2v) is 33.1. The first-order valence-electron chi connectivity index (χ1n) is 25.1. The van der Waals surface area contributed by atoms with E-state index in [1.807, 2.05) is 0 Å². The van der Waals surface area contributed by atoms with Crippen LogP contribution in [0.4, 0.5) is 22.7 Å². The minimum atomic E-state index is -1.62. The Kier molecular flexibility index (Phi) is 22.6. The van der Waals surface area contributed by atoms with Crippen LogP contribution in [-0.4, -0.2) is 16.1 Å². The van der Waals surface area contributed by atoms with E-state index < -0.39 is 16.1 Å². The summed E-state index contributed by atoms with van der Waals surface area (Å²) in [6.07, 6.45) is 7.50. The summed E-state index contributed by atoms with van der Waals surface area (Å²) < 4.78 is 0. The average Bonchev–Trinajstić information content (AvgIpc) is 3.19. The van der Waals surface area contributed by atoms with Gasteiger partial charge in [-0.2, -0.15) is 21.2 Å². The Morgan fingerprint density at radius 3 is 0.877 bits per heavy atom. The first kappa shape index (κ1) is 59.0. The molecule has 0 aromatic heterocycles. The van der Waals surface area contributed by atoms with Crippen molar-refractivity contribution in [1.82, 2.24) is 0 Å². The van der Waals surface area contributed by atoms with Crippen molar-refractivity contribution in [3.8, 4) is 0 Å². The summed E-state index contributed by atoms with van der Waals surface area (Å²) in [5.41, 5.74) is 9.44. The Morgan fingerprint density at radius 2 is 0.646 bits per heavy atom. The quantitative estimate of drug-likeness (QED) is 0.0734. The van der Waals surface area contributed by atoms with Gasteiger partial charge in [-0.1, -0.05) is 294 Å². The van der Waals surface area contributed by atoms with E-state index in [9.17, 15) is 0 Å². The van der Waals surface area contributed by atoms with E-state index >= 15 is 0 Å². The van der Waals surface area contributed by atoms with Crippen LogP contribution in [0.1, 0.15) is 185 Å². The molecule has 0 unspecified atom stereocenters. The molecule has 0 N–H and O–H groups in total. The van der Waals surface area contributed by atoms with E-state index in [2.05, 4.69) is 197 Å². The molecular weight excluding hydrogens is 904 g/mol. The van der Waals surface area contributed by atoms with Crippen LogP contribution in [0.15, 0.2) is 82.6 Å². The third-order valence-electron chi connectivity index (χ3n) is 13.3. The first-order valence-corrected chi connectivity index (χ1v) is 31.2. The van der Waals surface area contributed by atoms with E-state index in [0.29, 0.717) is 0 Å². The van der Waals surface area contributed by atoms with Crippen LogP contribution >= 0.6 is 0 Å². The Labute approximate surface area is 424 Å². The summed E-state index contributed by atoms with van der Waals surface area (Å²) in [4.78, 5) is 1.82. The smallest absolute Gasteiger partial charge is 0.0850 e. The fourth-order valence-corrected chi connectivity index (χ4v) is 22.2. The van der Waals surface area contributed by atoms with Gasteiger partial charge in [0.15, 0.2) is 0 Å². The molecule has 0 radical (unpaired) electrons. The van der Waals surface area contributed by atoms with Gasteiger partial charge in [-0.15, -0.1) is 11.4 Å². The SMILES string of the molecule is CCC[Si](CCC)(CCC)c1ccccc1[N-]c1cc(C(C)(C)C)cc(C(C)(C)C)c1[S-].CCC[Si](CCC)(CCC)c1ccccc1[N-]c1cc(C(C)(C)C)cc(C(C)(C)C)c1[S-].[Ni]. The van der Waals surface area contributed by atoms with Crippen molar-refractivity contribution < 1.29 is 16.5 Å². The van der Waals surface area contributed by atoms with Crippen LogP contribution in [0.3, 0.4) is 0 Å². The van der Waals surface area contributed by atoms with Gasteiger partial charge < -0.3 is 35.9 Å². The third kappa shape index (κ3) is 15.4. The predicted octanol–water partition coefficient (Wildman–Crippen LogP) is 18.8. The fourth-order valence-electron chi connectivity index (χ4n) is 10.1. The van der Waals surface area contributed by atoms with Gasteiger partial charge in [-0.25, -0.2) is 0 Å². The Balaban J connectivity index is 0.000000440. The molecule has 4 rings (SSSR count).